The van der Waals surface area contributed by atoms with Gasteiger partial charge in [-0.2, -0.15) is 21.6 Å². The molecule has 0 aromatic rings. The summed E-state index contributed by atoms with van der Waals surface area (Å²) in [5, 5.41) is 9.80. The Kier molecular flexibility index (Phi) is 2.28. The van der Waals surface area contributed by atoms with Crippen LogP contribution in [0.25, 0.3) is 0 Å². The summed E-state index contributed by atoms with van der Waals surface area (Å²) in [4.78, 5) is 0. The molecule has 0 rings (SSSR count). The Morgan fingerprint density at radius 2 is 1.70 bits per heavy atom. The molecule has 0 heterocycles. The minimum absolute atomic E-state index is 0.350. The third-order valence-electron chi connectivity index (χ3n) is 0.683. The number of sulfonamides is 1. The Morgan fingerprint density at radius 3 is 1.70 bits per heavy atom. The molecule has 62 valence electrons. The first-order valence-corrected chi connectivity index (χ1v) is 3.50. The van der Waals surface area contributed by atoms with Crippen LogP contribution in [0.5, 0.6) is 0 Å². The van der Waals surface area contributed by atoms with E-state index in [1.54, 1.807) is 0 Å². The highest BCUT2D eigenvalue weighted by Gasteiger charge is 2.50. The van der Waals surface area contributed by atoms with Crippen molar-refractivity contribution in [1.29, 1.82) is 0 Å². The molecular formula is C2H4F3NO3S. The largest absolute Gasteiger partial charge is 0.618 e. The molecule has 1 N–H and O–H groups in total. The topological polar surface area (TPSA) is 61.6 Å². The van der Waals surface area contributed by atoms with Crippen LogP contribution in [-0.4, -0.2) is 21.0 Å². The highest BCUT2D eigenvalue weighted by Crippen LogP contribution is 2.18. The van der Waals surface area contributed by atoms with Gasteiger partial charge in [0.05, 0.1) is 7.05 Å². The quantitative estimate of drug-likeness (QED) is 0.517. The molecule has 0 fully saturated rings. The zero-order chi connectivity index (χ0) is 8.58. The normalized spacial score (nSPS) is 16.9. The SMILES string of the molecule is C[NH+]([O-])S(=O)(=O)C(F)(F)F. The highest BCUT2D eigenvalue weighted by atomic mass is 32.2. The molecule has 0 saturated heterocycles. The van der Waals surface area contributed by atoms with Gasteiger partial charge in [-0.1, -0.05) is 0 Å². The number of hydrogen-bond acceptors (Lipinski definition) is 3. The number of rotatable bonds is 1. The molecule has 0 aromatic carbocycles. The monoisotopic (exact) mass is 179 g/mol. The van der Waals surface area contributed by atoms with E-state index in [-0.39, 0.29) is 0 Å². The van der Waals surface area contributed by atoms with Crippen molar-refractivity contribution in [3.63, 3.8) is 0 Å². The number of nitrogens with one attached hydrogen (secondary N) is 1. The van der Waals surface area contributed by atoms with Gasteiger partial charge in [0.1, 0.15) is 0 Å². The van der Waals surface area contributed by atoms with Gasteiger partial charge < -0.3 is 5.21 Å². The first kappa shape index (κ1) is 9.66. The van der Waals surface area contributed by atoms with Crippen molar-refractivity contribution < 1.29 is 26.1 Å². The van der Waals surface area contributed by atoms with Crippen LogP contribution in [0.2, 0.25) is 0 Å². The third kappa shape index (κ3) is 1.58. The number of alkyl halides is 3. The summed E-state index contributed by atoms with van der Waals surface area (Å²) in [5.41, 5.74) is -5.46. The molecule has 8 heteroatoms. The van der Waals surface area contributed by atoms with Gasteiger partial charge in [-0.05, 0) is 0 Å². The van der Waals surface area contributed by atoms with E-state index in [4.69, 9.17) is 0 Å². The molecule has 0 saturated carbocycles. The van der Waals surface area contributed by atoms with Gasteiger partial charge in [0.15, 0.2) is 0 Å². The Morgan fingerprint density at radius 1 is 1.40 bits per heavy atom. The van der Waals surface area contributed by atoms with Gasteiger partial charge in [0.2, 0.25) is 0 Å². The summed E-state index contributed by atoms with van der Waals surface area (Å²) in [7, 11) is -5.20. The maximum atomic E-state index is 11.3. The summed E-state index contributed by atoms with van der Waals surface area (Å²) in [6, 6.07) is 0. The minimum atomic E-state index is -5.55. The predicted octanol–water partition coefficient (Wildman–Crippen LogP) is -1.15. The van der Waals surface area contributed by atoms with Crippen LogP contribution in [0.1, 0.15) is 0 Å². The van der Waals surface area contributed by atoms with Crippen molar-refractivity contribution in [2.75, 3.05) is 7.05 Å². The first-order chi connectivity index (χ1) is 4.19. The third-order valence-corrected chi connectivity index (χ3v) is 2.05. The Balaban J connectivity index is 4.79. The van der Waals surface area contributed by atoms with E-state index < -0.39 is 20.0 Å². The zero-order valence-corrected chi connectivity index (χ0v) is 5.58. The molecule has 1 unspecified atom stereocenters. The molecule has 0 aromatic heterocycles. The second-order valence-electron chi connectivity index (χ2n) is 1.44. The molecule has 0 aliphatic heterocycles. The van der Waals surface area contributed by atoms with Crippen LogP contribution in [0, 0.1) is 5.21 Å². The second kappa shape index (κ2) is 2.36. The van der Waals surface area contributed by atoms with Gasteiger partial charge in [-0.25, -0.2) is 0 Å². The van der Waals surface area contributed by atoms with Gasteiger partial charge in [0, 0.05) is 0 Å². The Bertz CT molecular complexity index is 204. The smallest absolute Gasteiger partial charge is 0.549 e. The van der Waals surface area contributed by atoms with Crippen LogP contribution in [-0.2, 0) is 10.0 Å². The molecule has 0 aliphatic carbocycles. The zero-order valence-electron chi connectivity index (χ0n) is 4.77. The van der Waals surface area contributed by atoms with Crippen molar-refractivity contribution in [3.05, 3.63) is 5.21 Å². The lowest BCUT2D eigenvalue weighted by Crippen LogP contribution is -3.07. The minimum Gasteiger partial charge on any atom is -0.618 e. The maximum absolute atomic E-state index is 11.3. The Labute approximate surface area is 54.9 Å². The number of hydrogen-bond donors (Lipinski definition) is 1. The number of hydroxylamine groups is 1. The van der Waals surface area contributed by atoms with Crippen LogP contribution < -0.4 is 4.47 Å². The van der Waals surface area contributed by atoms with Crippen molar-refractivity contribution in [2.24, 2.45) is 0 Å². The van der Waals surface area contributed by atoms with Crippen molar-refractivity contribution in [2.45, 2.75) is 5.51 Å². The summed E-state index contributed by atoms with van der Waals surface area (Å²) < 4.78 is 51.7. The molecule has 0 bridgehead atoms. The van der Waals surface area contributed by atoms with Gasteiger partial charge >= 0.3 is 15.5 Å². The molecule has 10 heavy (non-hydrogen) atoms. The van der Waals surface area contributed by atoms with E-state index in [0.717, 1.165) is 0 Å². The van der Waals surface area contributed by atoms with Crippen LogP contribution in [0.4, 0.5) is 13.2 Å². The fourth-order valence-electron chi connectivity index (χ4n) is 0.163. The Hall–Kier alpha value is -0.340. The molecule has 1 atom stereocenters. The molecule has 0 spiro atoms. The molecular weight excluding hydrogens is 175 g/mol. The molecule has 4 nitrogen and oxygen atoms in total. The lowest BCUT2D eigenvalue weighted by molar-refractivity contribution is -0.685. The highest BCUT2D eigenvalue weighted by molar-refractivity contribution is 7.86. The van der Waals surface area contributed by atoms with Crippen LogP contribution in [0.3, 0.4) is 0 Å². The van der Waals surface area contributed by atoms with Gasteiger partial charge in [0.25, 0.3) is 0 Å². The average Bonchev–Trinajstić information content (AvgIpc) is 1.62. The van der Waals surface area contributed by atoms with E-state index in [0.29, 0.717) is 7.05 Å². The summed E-state index contributed by atoms with van der Waals surface area (Å²) in [5.74, 6) is 0. The summed E-state index contributed by atoms with van der Waals surface area (Å²) in [6.45, 7) is 0. The molecule has 0 aliphatic rings. The lowest BCUT2D eigenvalue weighted by atomic mass is 11.5. The van der Waals surface area contributed by atoms with Gasteiger partial charge in [-0.15, -0.1) is 0 Å². The van der Waals surface area contributed by atoms with Crippen molar-refractivity contribution >= 4 is 10.0 Å². The fraction of sp³-hybridized carbons (Fsp3) is 1.00. The van der Waals surface area contributed by atoms with Crippen LogP contribution >= 0.6 is 0 Å². The second-order valence-corrected chi connectivity index (χ2v) is 3.49. The summed E-state index contributed by atoms with van der Waals surface area (Å²) in [6.07, 6.45) is 0. The maximum Gasteiger partial charge on any atom is 0.549 e. The van der Waals surface area contributed by atoms with Crippen molar-refractivity contribution in [3.8, 4) is 0 Å². The molecule has 0 radical (unpaired) electrons. The predicted molar refractivity (Wildman–Crippen MR) is 25.2 cm³/mol. The summed E-state index contributed by atoms with van der Waals surface area (Å²) >= 11 is 0. The average molecular weight is 179 g/mol. The van der Waals surface area contributed by atoms with E-state index in [9.17, 15) is 26.8 Å². The fourth-order valence-corrected chi connectivity index (χ4v) is 0.489. The molecule has 0 amide bonds. The van der Waals surface area contributed by atoms with Gasteiger partial charge in [-0.3, -0.25) is 4.47 Å². The van der Waals surface area contributed by atoms with E-state index in [2.05, 4.69) is 0 Å². The van der Waals surface area contributed by atoms with E-state index in [1.807, 2.05) is 0 Å². The standard InChI is InChI=1S/C2H4F3NO3S/c1-6(7)10(8,9)2(3,4)5/h6H,1H3. The van der Waals surface area contributed by atoms with Crippen molar-refractivity contribution in [1.82, 2.24) is 0 Å². The lowest BCUT2D eigenvalue weighted by Gasteiger charge is -2.16. The van der Waals surface area contributed by atoms with Crippen LogP contribution in [0.15, 0.2) is 0 Å². The number of halogens is 3. The first-order valence-electron chi connectivity index (χ1n) is 2.01. The number of quaternary nitrogens is 1. The van der Waals surface area contributed by atoms with E-state index >= 15 is 0 Å². The van der Waals surface area contributed by atoms with E-state index in [1.165, 1.54) is 0 Å².